The molecule has 1 N–H and O–H groups in total. The number of hydrogen-bond donors (Lipinski definition) is 1. The van der Waals surface area contributed by atoms with E-state index in [9.17, 15) is 4.39 Å². The van der Waals surface area contributed by atoms with Crippen LogP contribution in [0.15, 0.2) is 12.1 Å². The average Bonchev–Trinajstić information content (AvgIpc) is 2.47. The Balaban J connectivity index is 2.96. The molecule has 0 saturated carbocycles. The Kier molecular flexibility index (Phi) is 7.73. The van der Waals surface area contributed by atoms with E-state index < -0.39 is 0 Å². The van der Waals surface area contributed by atoms with Crippen LogP contribution in [0.5, 0.6) is 0 Å². The van der Waals surface area contributed by atoms with Crippen LogP contribution in [0.4, 0.5) is 10.1 Å². The number of aryl methyl sites for hydroxylation is 1. The predicted molar refractivity (Wildman–Crippen MR) is 90.6 cm³/mol. The first-order valence-corrected chi connectivity index (χ1v) is 8.25. The number of nitrogens with one attached hydrogen (secondary N) is 1. The molecular formula is C18H31FN2. The normalized spacial score (nSPS) is 12.5. The largest absolute Gasteiger partial charge is 0.374 e. The molecule has 1 rings (SSSR count). The molecule has 0 aliphatic heterocycles. The van der Waals surface area contributed by atoms with Crippen LogP contribution in [0, 0.1) is 12.7 Å². The summed E-state index contributed by atoms with van der Waals surface area (Å²) < 4.78 is 14.0. The molecule has 3 heteroatoms. The van der Waals surface area contributed by atoms with Gasteiger partial charge in [0.1, 0.15) is 5.82 Å². The maximum atomic E-state index is 14.0. The number of halogens is 1. The monoisotopic (exact) mass is 294 g/mol. The summed E-state index contributed by atoms with van der Waals surface area (Å²) in [5.74, 6) is -0.110. The highest BCUT2D eigenvalue weighted by Crippen LogP contribution is 2.29. The first-order valence-electron chi connectivity index (χ1n) is 8.25. The van der Waals surface area contributed by atoms with Gasteiger partial charge in [-0.25, -0.2) is 4.39 Å². The molecule has 2 nitrogen and oxygen atoms in total. The van der Waals surface area contributed by atoms with Crippen molar-refractivity contribution in [2.24, 2.45) is 0 Å². The number of nitrogens with zero attached hydrogens (tertiary/aromatic N) is 1. The second kappa shape index (κ2) is 9.04. The summed E-state index contributed by atoms with van der Waals surface area (Å²) in [6, 6.07) is 3.86. The summed E-state index contributed by atoms with van der Waals surface area (Å²) in [5.41, 5.74) is 2.94. The lowest BCUT2D eigenvalue weighted by Crippen LogP contribution is -2.25. The van der Waals surface area contributed by atoms with E-state index in [-0.39, 0.29) is 11.9 Å². The summed E-state index contributed by atoms with van der Waals surface area (Å²) in [7, 11) is 2.11. The molecule has 0 amide bonds. The summed E-state index contributed by atoms with van der Waals surface area (Å²) in [6.45, 7) is 10.3. The molecule has 0 radical (unpaired) electrons. The van der Waals surface area contributed by atoms with Crippen LogP contribution >= 0.6 is 0 Å². The van der Waals surface area contributed by atoms with Gasteiger partial charge < -0.3 is 10.2 Å². The van der Waals surface area contributed by atoms with Crippen LogP contribution in [-0.2, 0) is 0 Å². The van der Waals surface area contributed by atoms with E-state index in [2.05, 4.69) is 38.0 Å². The van der Waals surface area contributed by atoms with Crippen molar-refractivity contribution in [2.45, 2.75) is 59.4 Å². The van der Waals surface area contributed by atoms with Crippen molar-refractivity contribution in [3.05, 3.63) is 29.1 Å². The van der Waals surface area contributed by atoms with E-state index >= 15 is 0 Å². The Hall–Kier alpha value is -1.09. The van der Waals surface area contributed by atoms with Gasteiger partial charge in [-0.05, 0) is 56.5 Å². The van der Waals surface area contributed by atoms with Crippen molar-refractivity contribution in [1.82, 2.24) is 5.32 Å². The first-order chi connectivity index (χ1) is 10.0. The number of benzene rings is 1. The maximum Gasteiger partial charge on any atom is 0.126 e. The van der Waals surface area contributed by atoms with Crippen LogP contribution in [0.3, 0.4) is 0 Å². The zero-order valence-electron chi connectivity index (χ0n) is 14.3. The van der Waals surface area contributed by atoms with Crippen molar-refractivity contribution in [3.63, 3.8) is 0 Å². The van der Waals surface area contributed by atoms with Crippen LogP contribution in [0.25, 0.3) is 0 Å². The Labute approximate surface area is 129 Å². The summed E-state index contributed by atoms with van der Waals surface area (Å²) in [6.07, 6.45) is 4.72. The fourth-order valence-corrected chi connectivity index (χ4v) is 2.55. The van der Waals surface area contributed by atoms with Gasteiger partial charge in [-0.1, -0.05) is 26.7 Å². The van der Waals surface area contributed by atoms with Gasteiger partial charge in [-0.2, -0.15) is 0 Å². The van der Waals surface area contributed by atoms with Crippen LogP contribution in [-0.4, -0.2) is 20.1 Å². The molecule has 0 aromatic heterocycles. The Morgan fingerprint density at radius 2 is 1.90 bits per heavy atom. The third-order valence-corrected chi connectivity index (χ3v) is 3.98. The van der Waals surface area contributed by atoms with Crippen LogP contribution in [0.2, 0.25) is 0 Å². The molecule has 120 valence electrons. The highest BCUT2D eigenvalue weighted by molar-refractivity contribution is 5.56. The van der Waals surface area contributed by atoms with E-state index in [0.29, 0.717) is 0 Å². The van der Waals surface area contributed by atoms with Gasteiger partial charge in [-0.3, -0.25) is 0 Å². The van der Waals surface area contributed by atoms with Crippen molar-refractivity contribution < 1.29 is 4.39 Å². The summed E-state index contributed by atoms with van der Waals surface area (Å²) in [4.78, 5) is 2.27. The zero-order chi connectivity index (χ0) is 15.8. The Bertz CT molecular complexity index is 431. The molecule has 0 fully saturated rings. The topological polar surface area (TPSA) is 15.3 Å². The summed E-state index contributed by atoms with van der Waals surface area (Å²) >= 11 is 0. The average molecular weight is 294 g/mol. The van der Waals surface area contributed by atoms with Gasteiger partial charge in [0.25, 0.3) is 0 Å². The highest BCUT2D eigenvalue weighted by atomic mass is 19.1. The minimum atomic E-state index is -0.110. The van der Waals surface area contributed by atoms with E-state index in [1.807, 2.05) is 13.0 Å². The number of hydrogen-bond acceptors (Lipinski definition) is 2. The lowest BCUT2D eigenvalue weighted by molar-refractivity contribution is 0.559. The van der Waals surface area contributed by atoms with E-state index in [4.69, 9.17) is 0 Å². The molecule has 0 heterocycles. The van der Waals surface area contributed by atoms with Gasteiger partial charge in [0.2, 0.25) is 0 Å². The second-order valence-corrected chi connectivity index (χ2v) is 5.96. The van der Waals surface area contributed by atoms with Crippen molar-refractivity contribution in [3.8, 4) is 0 Å². The second-order valence-electron chi connectivity index (χ2n) is 5.96. The Morgan fingerprint density at radius 1 is 1.19 bits per heavy atom. The molecule has 1 aromatic rings. The quantitative estimate of drug-likeness (QED) is 0.657. The van der Waals surface area contributed by atoms with E-state index in [0.717, 1.165) is 36.3 Å². The van der Waals surface area contributed by atoms with E-state index in [1.165, 1.54) is 19.3 Å². The molecule has 1 unspecified atom stereocenters. The minimum Gasteiger partial charge on any atom is -0.374 e. The van der Waals surface area contributed by atoms with Crippen LogP contribution in [0.1, 0.15) is 63.6 Å². The number of rotatable bonds is 9. The molecule has 0 aliphatic carbocycles. The number of unbranched alkanes of at least 4 members (excludes halogenated alkanes) is 2. The fourth-order valence-electron chi connectivity index (χ4n) is 2.55. The third kappa shape index (κ3) is 5.31. The minimum absolute atomic E-state index is 0.110. The predicted octanol–water partition coefficient (Wildman–Crippen LogP) is 4.82. The molecule has 21 heavy (non-hydrogen) atoms. The van der Waals surface area contributed by atoms with Crippen molar-refractivity contribution in [2.75, 3.05) is 25.0 Å². The molecular weight excluding hydrogens is 263 g/mol. The lowest BCUT2D eigenvalue weighted by atomic mass is 10.0. The molecule has 1 atom stereocenters. The maximum absolute atomic E-state index is 14.0. The van der Waals surface area contributed by atoms with Crippen molar-refractivity contribution in [1.29, 1.82) is 0 Å². The van der Waals surface area contributed by atoms with Gasteiger partial charge >= 0.3 is 0 Å². The standard InChI is InChI=1S/C18H31FN2/c1-6-8-9-11-21(5)18-12-14(3)17(19)13-16(18)15(4)20-10-7-2/h12-13,15,20H,6-11H2,1-5H3. The smallest absolute Gasteiger partial charge is 0.126 e. The van der Waals surface area contributed by atoms with Crippen molar-refractivity contribution >= 4 is 5.69 Å². The molecule has 1 aromatic carbocycles. The SMILES string of the molecule is CCCCCN(C)c1cc(C)c(F)cc1C(C)NCCC. The molecule has 0 saturated heterocycles. The van der Waals surface area contributed by atoms with Gasteiger partial charge in [0.05, 0.1) is 0 Å². The molecule has 0 aliphatic rings. The van der Waals surface area contributed by atoms with Crippen LogP contribution < -0.4 is 10.2 Å². The Morgan fingerprint density at radius 3 is 2.52 bits per heavy atom. The lowest BCUT2D eigenvalue weighted by Gasteiger charge is -2.26. The summed E-state index contributed by atoms with van der Waals surface area (Å²) in [5, 5.41) is 3.46. The fraction of sp³-hybridized carbons (Fsp3) is 0.667. The molecule has 0 spiro atoms. The first kappa shape index (κ1) is 18.0. The van der Waals surface area contributed by atoms with E-state index in [1.54, 1.807) is 6.07 Å². The van der Waals surface area contributed by atoms with Gasteiger partial charge in [0.15, 0.2) is 0 Å². The molecule has 0 bridgehead atoms. The number of anilines is 1. The third-order valence-electron chi connectivity index (χ3n) is 3.98. The van der Waals surface area contributed by atoms with Gasteiger partial charge in [-0.15, -0.1) is 0 Å². The highest BCUT2D eigenvalue weighted by Gasteiger charge is 2.15. The zero-order valence-corrected chi connectivity index (χ0v) is 14.3. The van der Waals surface area contributed by atoms with Gasteiger partial charge in [0, 0.05) is 25.3 Å².